The van der Waals surface area contributed by atoms with Crippen molar-refractivity contribution in [2.24, 2.45) is 0 Å². The number of imidazole rings is 1. The molecule has 0 bridgehead atoms. The molecule has 0 spiro atoms. The number of rotatable bonds is 7. The summed E-state index contributed by atoms with van der Waals surface area (Å²) in [5.74, 6) is -0.651. The number of aryl methyl sites for hydroxylation is 2. The molecule has 0 aliphatic rings. The summed E-state index contributed by atoms with van der Waals surface area (Å²) in [5, 5.41) is 16.1. The second-order valence-corrected chi connectivity index (χ2v) is 8.38. The van der Waals surface area contributed by atoms with E-state index in [9.17, 15) is 14.7 Å². The van der Waals surface area contributed by atoms with Gasteiger partial charge in [0, 0.05) is 11.3 Å². The van der Waals surface area contributed by atoms with Crippen molar-refractivity contribution < 1.29 is 14.3 Å². The number of nitrogens with one attached hydrogen (secondary N) is 1. The number of aromatic amines is 1. The molecule has 176 valence electrons. The number of fused-ring (bicyclic) bond motifs is 1. The van der Waals surface area contributed by atoms with E-state index < -0.39 is 11.7 Å². The van der Waals surface area contributed by atoms with Crippen LogP contribution in [0.2, 0.25) is 0 Å². The van der Waals surface area contributed by atoms with E-state index in [2.05, 4.69) is 28.2 Å². The van der Waals surface area contributed by atoms with Crippen molar-refractivity contribution in [1.82, 2.24) is 19.7 Å². The van der Waals surface area contributed by atoms with Crippen LogP contribution in [0.25, 0.3) is 39.3 Å². The molecule has 0 aliphatic carbocycles. The topological polar surface area (TPSA) is 114 Å². The van der Waals surface area contributed by atoms with Crippen LogP contribution < -0.4 is 5.76 Å². The monoisotopic (exact) mass is 468 g/mol. The molecule has 5 rings (SSSR count). The van der Waals surface area contributed by atoms with Gasteiger partial charge >= 0.3 is 11.7 Å². The van der Waals surface area contributed by atoms with Crippen molar-refractivity contribution in [2.75, 3.05) is 0 Å². The molecule has 0 fully saturated rings. The van der Waals surface area contributed by atoms with E-state index in [0.29, 0.717) is 22.4 Å². The number of aromatic carboxylic acids is 1. The highest BCUT2D eigenvalue weighted by molar-refractivity contribution is 6.02. The summed E-state index contributed by atoms with van der Waals surface area (Å²) in [6.45, 7) is 4.02. The Kier molecular flexibility index (Phi) is 5.78. The fourth-order valence-electron chi connectivity index (χ4n) is 4.54. The molecule has 2 heterocycles. The first-order valence-corrected chi connectivity index (χ1v) is 11.5. The first-order valence-electron chi connectivity index (χ1n) is 11.5. The number of carboxylic acids is 1. The van der Waals surface area contributed by atoms with Gasteiger partial charge in [0.25, 0.3) is 0 Å². The maximum absolute atomic E-state index is 11.9. The molecule has 0 aliphatic heterocycles. The minimum Gasteiger partial charge on any atom is -0.478 e. The smallest absolute Gasteiger partial charge is 0.434 e. The fraction of sp³-hybridized carbons (Fsp3) is 0.185. The lowest BCUT2D eigenvalue weighted by molar-refractivity contribution is 0.0698. The SMILES string of the molecule is CCCCc1cc(-n2c(C)nc3cccc(C(=O)O)c32)ccc1-c1ccccc1-c1n[nH]c(=O)o1. The van der Waals surface area contributed by atoms with Crippen LogP contribution in [0.4, 0.5) is 0 Å². The quantitative estimate of drug-likeness (QED) is 0.331. The molecule has 0 atom stereocenters. The minimum atomic E-state index is -0.992. The van der Waals surface area contributed by atoms with E-state index in [0.717, 1.165) is 41.6 Å². The van der Waals surface area contributed by atoms with Gasteiger partial charge in [0.1, 0.15) is 5.82 Å². The molecule has 2 N–H and O–H groups in total. The minimum absolute atomic E-state index is 0.209. The van der Waals surface area contributed by atoms with Gasteiger partial charge in [-0.15, -0.1) is 5.10 Å². The summed E-state index contributed by atoms with van der Waals surface area (Å²) in [6, 6.07) is 18.9. The van der Waals surface area contributed by atoms with Gasteiger partial charge in [-0.2, -0.15) is 0 Å². The zero-order chi connectivity index (χ0) is 24.5. The van der Waals surface area contributed by atoms with Crippen molar-refractivity contribution in [3.8, 4) is 28.3 Å². The molecule has 0 radical (unpaired) electrons. The fourth-order valence-corrected chi connectivity index (χ4v) is 4.54. The summed E-state index contributed by atoms with van der Waals surface area (Å²) < 4.78 is 7.14. The first-order chi connectivity index (χ1) is 17.0. The molecule has 3 aromatic carbocycles. The van der Waals surface area contributed by atoms with E-state index in [-0.39, 0.29) is 11.5 Å². The maximum Gasteiger partial charge on any atom is 0.434 e. The van der Waals surface area contributed by atoms with E-state index in [1.165, 1.54) is 0 Å². The molecular formula is C27H24N4O4. The number of benzene rings is 3. The Morgan fingerprint density at radius 1 is 1.06 bits per heavy atom. The Balaban J connectivity index is 1.72. The van der Waals surface area contributed by atoms with Gasteiger partial charge < -0.3 is 9.52 Å². The molecule has 0 unspecified atom stereocenters. The van der Waals surface area contributed by atoms with Crippen LogP contribution in [-0.2, 0) is 6.42 Å². The third kappa shape index (κ3) is 4.03. The molecule has 8 nitrogen and oxygen atoms in total. The average molecular weight is 469 g/mol. The van der Waals surface area contributed by atoms with Crippen molar-refractivity contribution in [3.63, 3.8) is 0 Å². The van der Waals surface area contributed by atoms with Crippen molar-refractivity contribution >= 4 is 17.0 Å². The first kappa shape index (κ1) is 22.3. The predicted molar refractivity (Wildman–Crippen MR) is 133 cm³/mol. The Labute approximate surface area is 200 Å². The van der Waals surface area contributed by atoms with E-state index in [1.807, 2.05) is 54.0 Å². The second-order valence-electron chi connectivity index (χ2n) is 8.38. The number of hydrogen-bond donors (Lipinski definition) is 2. The van der Waals surface area contributed by atoms with Crippen molar-refractivity contribution in [2.45, 2.75) is 33.1 Å². The van der Waals surface area contributed by atoms with Crippen LogP contribution in [0.1, 0.15) is 41.5 Å². The number of para-hydroxylation sites is 1. The third-order valence-electron chi connectivity index (χ3n) is 6.11. The summed E-state index contributed by atoms with van der Waals surface area (Å²) in [6.07, 6.45) is 2.84. The second kappa shape index (κ2) is 9.06. The molecule has 5 aromatic rings. The molecule has 8 heteroatoms. The summed E-state index contributed by atoms with van der Waals surface area (Å²) in [5.41, 5.74) is 5.99. The number of carbonyl (C=O) groups is 1. The number of aromatic nitrogens is 4. The number of unbranched alkanes of at least 4 members (excludes halogenated alkanes) is 1. The number of carboxylic acid groups (broad SMARTS) is 1. The van der Waals surface area contributed by atoms with E-state index in [4.69, 9.17) is 4.42 Å². The number of H-pyrrole nitrogens is 1. The van der Waals surface area contributed by atoms with Crippen LogP contribution in [-0.4, -0.2) is 30.8 Å². The van der Waals surface area contributed by atoms with Gasteiger partial charge in [0.2, 0.25) is 5.89 Å². The lowest BCUT2D eigenvalue weighted by Crippen LogP contribution is -2.04. The highest BCUT2D eigenvalue weighted by atomic mass is 16.4. The Hall–Kier alpha value is -4.46. The average Bonchev–Trinajstić information content (AvgIpc) is 3.44. The van der Waals surface area contributed by atoms with Gasteiger partial charge in [-0.25, -0.2) is 19.7 Å². The highest BCUT2D eigenvalue weighted by Gasteiger charge is 2.19. The Bertz CT molecular complexity index is 1610. The number of hydrogen-bond acceptors (Lipinski definition) is 5. The molecule has 2 aromatic heterocycles. The largest absolute Gasteiger partial charge is 0.478 e. The highest BCUT2D eigenvalue weighted by Crippen LogP contribution is 2.35. The lowest BCUT2D eigenvalue weighted by atomic mass is 9.92. The normalized spacial score (nSPS) is 11.3. The van der Waals surface area contributed by atoms with Gasteiger partial charge in [0.15, 0.2) is 0 Å². The molecular weight excluding hydrogens is 444 g/mol. The molecule has 0 saturated heterocycles. The van der Waals surface area contributed by atoms with Crippen LogP contribution in [0.15, 0.2) is 69.9 Å². The summed E-state index contributed by atoms with van der Waals surface area (Å²) in [7, 11) is 0. The summed E-state index contributed by atoms with van der Waals surface area (Å²) in [4.78, 5) is 28.1. The summed E-state index contributed by atoms with van der Waals surface area (Å²) >= 11 is 0. The van der Waals surface area contributed by atoms with Crippen molar-refractivity contribution in [1.29, 1.82) is 0 Å². The lowest BCUT2D eigenvalue weighted by Gasteiger charge is -2.16. The van der Waals surface area contributed by atoms with Gasteiger partial charge in [0.05, 0.1) is 16.6 Å². The van der Waals surface area contributed by atoms with Crippen LogP contribution in [0, 0.1) is 6.92 Å². The predicted octanol–water partition coefficient (Wildman–Crippen LogP) is 5.39. The van der Waals surface area contributed by atoms with Gasteiger partial charge in [-0.05, 0) is 66.8 Å². The Morgan fingerprint density at radius 3 is 2.57 bits per heavy atom. The zero-order valence-corrected chi connectivity index (χ0v) is 19.4. The molecule has 0 saturated carbocycles. The van der Waals surface area contributed by atoms with Crippen LogP contribution in [0.3, 0.4) is 0 Å². The van der Waals surface area contributed by atoms with E-state index >= 15 is 0 Å². The third-order valence-corrected chi connectivity index (χ3v) is 6.11. The maximum atomic E-state index is 11.9. The van der Waals surface area contributed by atoms with Gasteiger partial charge in [-0.3, -0.25) is 4.57 Å². The standard InChI is InChI=1S/C27H24N4O4/c1-3-4-8-17-15-18(31-16(2)28-23-12-7-11-22(24(23)31)26(32)33)13-14-19(17)20-9-5-6-10-21(20)25-29-30-27(34)35-25/h5-7,9-15H,3-4,8H2,1-2H3,(H,30,34)(H,32,33). The number of nitrogens with zero attached hydrogens (tertiary/aromatic N) is 3. The van der Waals surface area contributed by atoms with Gasteiger partial charge in [-0.1, -0.05) is 43.7 Å². The Morgan fingerprint density at radius 2 is 1.86 bits per heavy atom. The molecule has 0 amide bonds. The van der Waals surface area contributed by atoms with Crippen LogP contribution >= 0.6 is 0 Å². The van der Waals surface area contributed by atoms with Crippen molar-refractivity contribution in [3.05, 3.63) is 88.2 Å². The van der Waals surface area contributed by atoms with Crippen LogP contribution in [0.5, 0.6) is 0 Å². The molecule has 35 heavy (non-hydrogen) atoms. The van der Waals surface area contributed by atoms with E-state index in [1.54, 1.807) is 12.1 Å². The zero-order valence-electron chi connectivity index (χ0n) is 19.4.